The minimum atomic E-state index is -0.784. The van der Waals surface area contributed by atoms with Crippen LogP contribution in [0, 0.1) is 29.4 Å². The van der Waals surface area contributed by atoms with Crippen LogP contribution >= 0.6 is 0 Å². The molecule has 3 unspecified atom stereocenters. The predicted octanol–water partition coefficient (Wildman–Crippen LogP) is 2.02. The van der Waals surface area contributed by atoms with Crippen molar-refractivity contribution < 1.29 is 32.3 Å². The maximum Gasteiger partial charge on any atom is 0.414 e. The van der Waals surface area contributed by atoms with Crippen LogP contribution in [0.25, 0.3) is 0 Å². The maximum absolute atomic E-state index is 15.0. The summed E-state index contributed by atoms with van der Waals surface area (Å²) in [7, 11) is 0. The van der Waals surface area contributed by atoms with Crippen LogP contribution in [0.3, 0.4) is 0 Å². The third-order valence-electron chi connectivity index (χ3n) is 6.60. The van der Waals surface area contributed by atoms with Crippen molar-refractivity contribution in [2.24, 2.45) is 17.8 Å². The van der Waals surface area contributed by atoms with Gasteiger partial charge in [0.1, 0.15) is 17.6 Å². The molecule has 34 heavy (non-hydrogen) atoms. The molecule has 3 heterocycles. The Bertz CT molecular complexity index is 1090. The molecule has 1 aliphatic carbocycles. The number of ether oxygens (including phenoxy) is 1. The number of carbonyl (C=O) groups is 3. The fourth-order valence-electron chi connectivity index (χ4n) is 4.91. The predicted molar refractivity (Wildman–Crippen MR) is 116 cm³/mol. The van der Waals surface area contributed by atoms with E-state index in [0.717, 1.165) is 17.0 Å². The minimum absolute atomic E-state index is 0.0400. The first-order valence-corrected chi connectivity index (χ1v) is 11.1. The summed E-state index contributed by atoms with van der Waals surface area (Å²) < 4.78 is 40.3. The Kier molecular flexibility index (Phi) is 5.62. The minimum Gasteiger partial charge on any atom is -0.467 e. The van der Waals surface area contributed by atoms with Gasteiger partial charge in [-0.2, -0.15) is 0 Å². The van der Waals surface area contributed by atoms with Gasteiger partial charge in [-0.25, -0.2) is 13.6 Å². The molecule has 3 fully saturated rings. The number of hydrogen-bond donors (Lipinski definition) is 2. The molecule has 9 nitrogen and oxygen atoms in total. The normalized spacial score (nSPS) is 25.2. The number of nitrogens with one attached hydrogen (secondary N) is 2. The number of hydrogen-bond acceptors (Lipinski definition) is 6. The molecular formula is C23H24F2N4O5. The van der Waals surface area contributed by atoms with Gasteiger partial charge in [0.25, 0.3) is 0 Å². The maximum atomic E-state index is 15.0. The lowest BCUT2D eigenvalue weighted by Crippen LogP contribution is -2.33. The van der Waals surface area contributed by atoms with Gasteiger partial charge in [0, 0.05) is 38.1 Å². The van der Waals surface area contributed by atoms with Crippen LogP contribution in [-0.4, -0.2) is 50.2 Å². The molecule has 3 atom stereocenters. The van der Waals surface area contributed by atoms with Crippen molar-refractivity contribution in [2.75, 3.05) is 36.0 Å². The Hall–Kier alpha value is -3.63. The number of amides is 3. The molecule has 2 N–H and O–H groups in total. The van der Waals surface area contributed by atoms with Crippen LogP contribution in [0.15, 0.2) is 34.9 Å². The van der Waals surface area contributed by atoms with E-state index in [9.17, 15) is 23.2 Å². The number of cyclic esters (lactones) is 1. The molecule has 1 saturated carbocycles. The first kappa shape index (κ1) is 22.2. The molecule has 0 radical (unpaired) electrons. The summed E-state index contributed by atoms with van der Waals surface area (Å²) >= 11 is 0. The van der Waals surface area contributed by atoms with Crippen molar-refractivity contribution in [3.63, 3.8) is 0 Å². The quantitative estimate of drug-likeness (QED) is 0.637. The molecule has 2 aliphatic heterocycles. The van der Waals surface area contributed by atoms with E-state index in [1.165, 1.54) is 13.2 Å². The zero-order valence-electron chi connectivity index (χ0n) is 18.4. The van der Waals surface area contributed by atoms with E-state index in [4.69, 9.17) is 9.15 Å². The van der Waals surface area contributed by atoms with E-state index in [-0.39, 0.29) is 54.0 Å². The third-order valence-corrected chi connectivity index (χ3v) is 6.60. The van der Waals surface area contributed by atoms with Gasteiger partial charge in [0.05, 0.1) is 31.6 Å². The van der Waals surface area contributed by atoms with Gasteiger partial charge in [-0.3, -0.25) is 14.5 Å². The van der Waals surface area contributed by atoms with Gasteiger partial charge in [0.2, 0.25) is 11.8 Å². The molecule has 11 heteroatoms. The Morgan fingerprint density at radius 2 is 1.82 bits per heavy atom. The number of anilines is 2. The van der Waals surface area contributed by atoms with Gasteiger partial charge in [-0.1, -0.05) is 0 Å². The summed E-state index contributed by atoms with van der Waals surface area (Å²) in [5.74, 6) is -1.34. The van der Waals surface area contributed by atoms with Gasteiger partial charge in [-0.05, 0) is 24.0 Å². The molecule has 2 saturated heterocycles. The van der Waals surface area contributed by atoms with Crippen LogP contribution in [0.5, 0.6) is 0 Å². The summed E-state index contributed by atoms with van der Waals surface area (Å²) in [5.41, 5.74) is -0.110. The summed E-state index contributed by atoms with van der Waals surface area (Å²) in [6.07, 6.45) is 0.202. The van der Waals surface area contributed by atoms with Crippen LogP contribution in [0.1, 0.15) is 12.7 Å². The topological polar surface area (TPSA) is 104 Å². The molecule has 0 spiro atoms. The molecular weight excluding hydrogens is 450 g/mol. The molecule has 1 aromatic carbocycles. The molecule has 180 valence electrons. The second-order valence-corrected chi connectivity index (χ2v) is 8.87. The van der Waals surface area contributed by atoms with Gasteiger partial charge in [0.15, 0.2) is 11.6 Å². The van der Waals surface area contributed by atoms with Crippen LogP contribution in [0.4, 0.5) is 25.0 Å². The van der Waals surface area contributed by atoms with E-state index < -0.39 is 23.8 Å². The lowest BCUT2D eigenvalue weighted by Gasteiger charge is -2.24. The van der Waals surface area contributed by atoms with Crippen LogP contribution in [-0.2, 0) is 20.9 Å². The number of halogens is 2. The molecule has 3 aliphatic rings. The highest BCUT2D eigenvalue weighted by Gasteiger charge is 2.59. The van der Waals surface area contributed by atoms with Gasteiger partial charge in [-0.15, -0.1) is 0 Å². The summed E-state index contributed by atoms with van der Waals surface area (Å²) in [6.45, 7) is 2.59. The van der Waals surface area contributed by atoms with Crippen molar-refractivity contribution >= 4 is 29.3 Å². The average Bonchev–Trinajstić information content (AvgIpc) is 3.23. The highest BCUT2D eigenvalue weighted by Crippen LogP contribution is 2.53. The monoisotopic (exact) mass is 474 g/mol. The lowest BCUT2D eigenvalue weighted by atomic mass is 10.2. The molecule has 3 amide bonds. The van der Waals surface area contributed by atoms with E-state index in [2.05, 4.69) is 10.6 Å². The zero-order chi connectivity index (χ0) is 24.0. The van der Waals surface area contributed by atoms with Crippen LogP contribution < -0.4 is 20.4 Å². The number of rotatable bonds is 7. The second-order valence-electron chi connectivity index (χ2n) is 8.87. The van der Waals surface area contributed by atoms with E-state index in [0.29, 0.717) is 25.4 Å². The highest BCUT2D eigenvalue weighted by atomic mass is 19.1. The van der Waals surface area contributed by atoms with Crippen molar-refractivity contribution in [3.05, 3.63) is 47.9 Å². The van der Waals surface area contributed by atoms with E-state index in [1.54, 1.807) is 17.0 Å². The number of benzene rings is 1. The van der Waals surface area contributed by atoms with Crippen molar-refractivity contribution in [1.82, 2.24) is 10.6 Å². The van der Waals surface area contributed by atoms with Crippen molar-refractivity contribution in [1.29, 1.82) is 0 Å². The van der Waals surface area contributed by atoms with E-state index >= 15 is 0 Å². The van der Waals surface area contributed by atoms with Crippen molar-refractivity contribution in [3.8, 4) is 0 Å². The fourth-order valence-corrected chi connectivity index (χ4v) is 4.91. The SMILES string of the molecule is CC(=O)NCC1CN(c2cc(F)c(N3CC4C(C3)C4C(=O)NCc3ccco3)c(F)c2)C(=O)O1. The molecule has 0 bridgehead atoms. The standard InChI is InChI=1S/C23H24F2N4O5/c1-12(30)26-8-15-9-29(23(32)34-15)13-5-18(24)21(19(25)6-13)28-10-16-17(11-28)20(16)22(31)27-7-14-3-2-4-33-14/h2-6,15-17,20H,7-11H2,1H3,(H,26,30)(H,27,31). The molecule has 1 aromatic heterocycles. The van der Waals surface area contributed by atoms with Crippen LogP contribution in [0.2, 0.25) is 0 Å². The summed E-state index contributed by atoms with van der Waals surface area (Å²) in [4.78, 5) is 38.4. The first-order valence-electron chi connectivity index (χ1n) is 11.1. The number of nitrogens with zero attached hydrogens (tertiary/aromatic N) is 2. The fraction of sp³-hybridized carbons (Fsp3) is 0.435. The van der Waals surface area contributed by atoms with Gasteiger partial charge < -0.3 is 24.7 Å². The van der Waals surface area contributed by atoms with E-state index in [1.807, 2.05) is 0 Å². The molecule has 2 aromatic rings. The number of fused-ring (bicyclic) bond motifs is 1. The molecule has 5 rings (SSSR count). The lowest BCUT2D eigenvalue weighted by molar-refractivity contribution is -0.123. The largest absolute Gasteiger partial charge is 0.467 e. The summed E-state index contributed by atoms with van der Waals surface area (Å²) in [5, 5.41) is 5.40. The van der Waals surface area contributed by atoms with Crippen molar-refractivity contribution in [2.45, 2.75) is 19.6 Å². The third kappa shape index (κ3) is 4.17. The average molecular weight is 474 g/mol. The smallest absolute Gasteiger partial charge is 0.414 e. The second kappa shape index (κ2) is 8.62. The zero-order valence-corrected chi connectivity index (χ0v) is 18.4. The number of carbonyl (C=O) groups excluding carboxylic acids is 3. The Morgan fingerprint density at radius 1 is 1.12 bits per heavy atom. The first-order chi connectivity index (χ1) is 16.3. The Morgan fingerprint density at radius 3 is 2.44 bits per heavy atom. The number of furan rings is 1. The number of piperidine rings is 1. The summed E-state index contributed by atoms with van der Waals surface area (Å²) in [6, 6.07) is 5.74. The Labute approximate surface area is 194 Å². The van der Waals surface area contributed by atoms with Gasteiger partial charge >= 0.3 is 6.09 Å². The Balaban J connectivity index is 1.20. The highest BCUT2D eigenvalue weighted by molar-refractivity contribution is 5.90.